The number of pyridine rings is 1. The predicted octanol–water partition coefficient (Wildman–Crippen LogP) is 2.04. The monoisotopic (exact) mass is 283 g/mol. The van der Waals surface area contributed by atoms with Gasteiger partial charge in [0.15, 0.2) is 11.7 Å². The second kappa shape index (κ2) is 3.62. The Bertz CT molecular complexity index is 467. The number of rotatable bonds is 0. The summed E-state index contributed by atoms with van der Waals surface area (Å²) in [5, 5.41) is 10.3. The fraction of sp³-hybridized carbons (Fsp3) is 0.400. The molecule has 0 radical (unpaired) electrons. The Balaban J connectivity index is 2.56. The fourth-order valence-corrected chi connectivity index (χ4v) is 1.95. The van der Waals surface area contributed by atoms with Gasteiger partial charge in [0.1, 0.15) is 0 Å². The molecule has 6 heteroatoms. The third-order valence-electron chi connectivity index (χ3n) is 2.67. The van der Waals surface area contributed by atoms with Gasteiger partial charge in [-0.15, -0.1) is 0 Å². The summed E-state index contributed by atoms with van der Waals surface area (Å²) in [6.45, 7) is 5.99. The van der Waals surface area contributed by atoms with E-state index in [1.165, 1.54) is 0 Å². The number of hydrogen-bond acceptors (Lipinski definition) is 4. The molecule has 5 nitrogen and oxygen atoms in total. The molecule has 4 N–H and O–H groups in total. The first kappa shape index (κ1) is 11.2. The van der Waals surface area contributed by atoms with Crippen molar-refractivity contribution in [1.82, 2.24) is 4.98 Å². The van der Waals surface area contributed by atoms with Crippen molar-refractivity contribution in [3.8, 4) is 0 Å². The number of aromatic nitrogens is 1. The zero-order valence-corrected chi connectivity index (χ0v) is 11.0. The van der Waals surface area contributed by atoms with Crippen LogP contribution in [-0.2, 0) is 0 Å². The van der Waals surface area contributed by atoms with Crippen molar-refractivity contribution >= 4 is 33.3 Å². The van der Waals surface area contributed by atoms with Crippen LogP contribution in [0.25, 0.3) is 0 Å². The minimum atomic E-state index is -0.338. The Morgan fingerprint density at radius 1 is 1.50 bits per heavy atom. The maximum atomic E-state index is 5.38. The van der Waals surface area contributed by atoms with Crippen molar-refractivity contribution in [2.24, 2.45) is 10.9 Å². The third kappa shape index (κ3) is 1.63. The summed E-state index contributed by atoms with van der Waals surface area (Å²) in [6.07, 6.45) is 1.78. The lowest BCUT2D eigenvalue weighted by Crippen LogP contribution is -2.48. The van der Waals surface area contributed by atoms with Gasteiger partial charge in [-0.3, -0.25) is 0 Å². The van der Waals surface area contributed by atoms with Gasteiger partial charge in [-0.1, -0.05) is 0 Å². The average molecular weight is 284 g/mol. The van der Waals surface area contributed by atoms with Gasteiger partial charge in [0.2, 0.25) is 0 Å². The molecule has 86 valence electrons. The first-order valence-corrected chi connectivity index (χ1v) is 5.73. The Morgan fingerprint density at radius 3 is 2.81 bits per heavy atom. The van der Waals surface area contributed by atoms with Crippen LogP contribution in [0.5, 0.6) is 0 Å². The van der Waals surface area contributed by atoms with Gasteiger partial charge >= 0.3 is 0 Å². The van der Waals surface area contributed by atoms with E-state index >= 15 is 0 Å². The first-order chi connectivity index (χ1) is 7.45. The number of hydrogen-bond donors (Lipinski definition) is 3. The molecule has 0 aromatic carbocycles. The van der Waals surface area contributed by atoms with Crippen molar-refractivity contribution in [2.75, 3.05) is 10.6 Å². The van der Waals surface area contributed by atoms with Crippen LogP contribution in [0.3, 0.4) is 0 Å². The Hall–Kier alpha value is -1.30. The molecule has 0 bridgehead atoms. The molecular formula is C10H14BrN5. The van der Waals surface area contributed by atoms with E-state index in [1.54, 1.807) is 6.20 Å². The van der Waals surface area contributed by atoms with Gasteiger partial charge < -0.3 is 16.5 Å². The molecule has 2 rings (SSSR count). The molecule has 0 atom stereocenters. The van der Waals surface area contributed by atoms with Crippen LogP contribution in [0.1, 0.15) is 19.4 Å². The number of nitrogens with one attached hydrogen (secondary N) is 2. The molecule has 1 aromatic heterocycles. The van der Waals surface area contributed by atoms with Crippen LogP contribution in [0.4, 0.5) is 11.5 Å². The van der Waals surface area contributed by atoms with Crippen LogP contribution in [0, 0.1) is 6.92 Å². The molecule has 0 amide bonds. The maximum Gasteiger partial charge on any atom is 0.151 e. The first-order valence-electron chi connectivity index (χ1n) is 4.94. The Labute approximate surface area is 103 Å². The van der Waals surface area contributed by atoms with E-state index in [0.29, 0.717) is 5.84 Å². The van der Waals surface area contributed by atoms with Crippen molar-refractivity contribution in [3.05, 3.63) is 16.2 Å². The highest BCUT2D eigenvalue weighted by Crippen LogP contribution is 2.34. The Morgan fingerprint density at radius 2 is 2.19 bits per heavy atom. The normalized spacial score (nSPS) is 19.9. The number of anilines is 2. The largest absolute Gasteiger partial charge is 0.356 e. The molecule has 0 fully saturated rings. The summed E-state index contributed by atoms with van der Waals surface area (Å²) in [5.74, 6) is 6.89. The van der Waals surface area contributed by atoms with E-state index in [4.69, 9.17) is 5.84 Å². The highest BCUT2D eigenvalue weighted by Gasteiger charge is 2.32. The predicted molar refractivity (Wildman–Crippen MR) is 69.6 cm³/mol. The summed E-state index contributed by atoms with van der Waals surface area (Å²) in [4.78, 5) is 4.33. The van der Waals surface area contributed by atoms with E-state index < -0.39 is 0 Å². The molecular weight excluding hydrogens is 270 g/mol. The zero-order chi connectivity index (χ0) is 11.9. The lowest BCUT2D eigenvalue weighted by atomic mass is 10.00. The standard InChI is InChI=1S/C10H14BrN5/c1-5-6(11)4-13-8-7(5)14-9(16-12)10(2,3)15-8/h4H,12H2,1-3H3,(H,13,15)(H,14,16). The SMILES string of the molecule is Cc1c(Br)cnc2c1NC(=NN)C(C)(C)N2. The highest BCUT2D eigenvalue weighted by molar-refractivity contribution is 9.10. The topological polar surface area (TPSA) is 75.3 Å². The average Bonchev–Trinajstić information content (AvgIpc) is 2.22. The summed E-state index contributed by atoms with van der Waals surface area (Å²) < 4.78 is 0.955. The second-order valence-electron chi connectivity index (χ2n) is 4.31. The summed E-state index contributed by atoms with van der Waals surface area (Å²) in [7, 11) is 0. The fourth-order valence-electron chi connectivity index (χ4n) is 1.65. The van der Waals surface area contributed by atoms with Crippen molar-refractivity contribution in [2.45, 2.75) is 26.3 Å². The van der Waals surface area contributed by atoms with Crippen molar-refractivity contribution in [3.63, 3.8) is 0 Å². The second-order valence-corrected chi connectivity index (χ2v) is 5.16. The van der Waals surface area contributed by atoms with Crippen LogP contribution in [0.2, 0.25) is 0 Å². The smallest absolute Gasteiger partial charge is 0.151 e. The van der Waals surface area contributed by atoms with Crippen LogP contribution >= 0.6 is 15.9 Å². The number of hydrazone groups is 1. The number of fused-ring (bicyclic) bond motifs is 1. The van der Waals surface area contributed by atoms with E-state index in [-0.39, 0.29) is 5.54 Å². The number of nitrogens with two attached hydrogens (primary N) is 1. The molecule has 0 saturated carbocycles. The van der Waals surface area contributed by atoms with Gasteiger partial charge in [-0.25, -0.2) is 4.98 Å². The van der Waals surface area contributed by atoms with Gasteiger partial charge in [-0.05, 0) is 42.3 Å². The molecule has 1 aliphatic rings. The van der Waals surface area contributed by atoms with Gasteiger partial charge in [0.05, 0.1) is 11.2 Å². The molecule has 0 saturated heterocycles. The number of amidine groups is 1. The molecule has 0 unspecified atom stereocenters. The Kier molecular flexibility index (Phi) is 2.53. The minimum absolute atomic E-state index is 0.338. The summed E-state index contributed by atoms with van der Waals surface area (Å²) in [6, 6.07) is 0. The van der Waals surface area contributed by atoms with Gasteiger partial charge in [-0.2, -0.15) is 5.10 Å². The molecule has 0 aliphatic carbocycles. The molecule has 0 spiro atoms. The minimum Gasteiger partial charge on any atom is -0.356 e. The van der Waals surface area contributed by atoms with E-state index in [0.717, 1.165) is 21.5 Å². The van der Waals surface area contributed by atoms with Crippen molar-refractivity contribution < 1.29 is 0 Å². The molecule has 1 aromatic rings. The summed E-state index contributed by atoms with van der Waals surface area (Å²) >= 11 is 3.44. The highest BCUT2D eigenvalue weighted by atomic mass is 79.9. The van der Waals surface area contributed by atoms with E-state index in [9.17, 15) is 0 Å². The number of nitrogens with zero attached hydrogens (tertiary/aromatic N) is 2. The number of halogens is 1. The van der Waals surface area contributed by atoms with Crippen LogP contribution < -0.4 is 16.5 Å². The summed E-state index contributed by atoms with van der Waals surface area (Å²) in [5.41, 5.74) is 1.65. The van der Waals surface area contributed by atoms with E-state index in [1.807, 2.05) is 20.8 Å². The molecule has 16 heavy (non-hydrogen) atoms. The van der Waals surface area contributed by atoms with Gasteiger partial charge in [0, 0.05) is 10.7 Å². The van der Waals surface area contributed by atoms with Crippen LogP contribution in [0.15, 0.2) is 15.8 Å². The van der Waals surface area contributed by atoms with Crippen molar-refractivity contribution in [1.29, 1.82) is 0 Å². The lowest BCUT2D eigenvalue weighted by molar-refractivity contribution is 0.737. The third-order valence-corrected chi connectivity index (χ3v) is 3.47. The van der Waals surface area contributed by atoms with Gasteiger partial charge in [0.25, 0.3) is 0 Å². The zero-order valence-electron chi connectivity index (χ0n) is 9.43. The lowest BCUT2D eigenvalue weighted by Gasteiger charge is -2.35. The van der Waals surface area contributed by atoms with Crippen LogP contribution in [-0.4, -0.2) is 16.4 Å². The van der Waals surface area contributed by atoms with E-state index in [2.05, 4.69) is 36.6 Å². The maximum absolute atomic E-state index is 5.38. The molecule has 1 aliphatic heterocycles. The quantitative estimate of drug-likeness (QED) is 0.503. The molecule has 2 heterocycles.